The fourth-order valence-electron chi connectivity index (χ4n) is 3.79. The fraction of sp³-hybridized carbons (Fsp3) is 0.259. The Balaban J connectivity index is 1.74. The minimum absolute atomic E-state index is 0.0870. The van der Waals surface area contributed by atoms with Crippen molar-refractivity contribution in [3.8, 4) is 5.75 Å². The molecule has 0 unspecified atom stereocenters. The fourth-order valence-corrected chi connectivity index (χ4v) is 4.96. The van der Waals surface area contributed by atoms with Gasteiger partial charge in [-0.25, -0.2) is 13.1 Å². The van der Waals surface area contributed by atoms with Crippen LogP contribution in [0.15, 0.2) is 77.7 Å². The predicted octanol–water partition coefficient (Wildman–Crippen LogP) is 2.98. The number of sulfonamides is 1. The molecule has 0 bridgehead atoms. The SMILES string of the molecule is COc1ccc(N(C)C(=O)[C@H](Cc2ccccc2)NC(=O)CNS(=O)(=O)c2cc(C)cc(C)c2)cc1. The van der Waals surface area contributed by atoms with Crippen LogP contribution in [0.1, 0.15) is 16.7 Å². The molecular weight excluding hydrogens is 478 g/mol. The Morgan fingerprint density at radius 3 is 2.14 bits per heavy atom. The van der Waals surface area contributed by atoms with Gasteiger partial charge in [-0.3, -0.25) is 9.59 Å². The van der Waals surface area contributed by atoms with Crippen LogP contribution in [0.25, 0.3) is 0 Å². The Morgan fingerprint density at radius 2 is 1.56 bits per heavy atom. The van der Waals surface area contributed by atoms with Crippen molar-refractivity contribution < 1.29 is 22.7 Å². The smallest absolute Gasteiger partial charge is 0.249 e. The van der Waals surface area contributed by atoms with Crippen LogP contribution in [0, 0.1) is 13.8 Å². The number of methoxy groups -OCH3 is 1. The lowest BCUT2D eigenvalue weighted by Crippen LogP contribution is -2.51. The Morgan fingerprint density at radius 1 is 0.944 bits per heavy atom. The van der Waals surface area contributed by atoms with Crippen LogP contribution in [-0.2, 0) is 26.0 Å². The summed E-state index contributed by atoms with van der Waals surface area (Å²) in [6, 6.07) is 20.3. The van der Waals surface area contributed by atoms with E-state index in [4.69, 9.17) is 4.74 Å². The van der Waals surface area contributed by atoms with Crippen LogP contribution < -0.4 is 19.7 Å². The van der Waals surface area contributed by atoms with E-state index in [1.165, 1.54) is 4.90 Å². The summed E-state index contributed by atoms with van der Waals surface area (Å²) in [5, 5.41) is 2.70. The van der Waals surface area contributed by atoms with Gasteiger partial charge in [0.05, 0.1) is 18.6 Å². The number of nitrogens with one attached hydrogen (secondary N) is 2. The number of anilines is 1. The van der Waals surface area contributed by atoms with Gasteiger partial charge in [0.1, 0.15) is 11.8 Å². The van der Waals surface area contributed by atoms with Gasteiger partial charge in [0.25, 0.3) is 0 Å². The number of likely N-dealkylation sites (N-methyl/N-ethyl adjacent to an activating group) is 1. The van der Waals surface area contributed by atoms with Crippen molar-refractivity contribution in [3.05, 3.63) is 89.5 Å². The van der Waals surface area contributed by atoms with E-state index in [0.29, 0.717) is 11.4 Å². The van der Waals surface area contributed by atoms with Gasteiger partial charge >= 0.3 is 0 Å². The lowest BCUT2D eigenvalue weighted by Gasteiger charge is -2.25. The summed E-state index contributed by atoms with van der Waals surface area (Å²) in [5.41, 5.74) is 3.09. The molecule has 3 aromatic rings. The van der Waals surface area contributed by atoms with Crippen molar-refractivity contribution in [2.24, 2.45) is 0 Å². The summed E-state index contributed by atoms with van der Waals surface area (Å²) in [5.74, 6) is -0.292. The number of hydrogen-bond acceptors (Lipinski definition) is 5. The Labute approximate surface area is 212 Å². The normalized spacial score (nSPS) is 12.0. The molecule has 3 rings (SSSR count). The number of hydrogen-bond donors (Lipinski definition) is 2. The second-order valence-corrected chi connectivity index (χ2v) is 10.3. The average Bonchev–Trinajstić information content (AvgIpc) is 2.86. The summed E-state index contributed by atoms with van der Waals surface area (Å²) >= 11 is 0. The first kappa shape index (κ1) is 26.9. The third-order valence-corrected chi connectivity index (χ3v) is 7.02. The first-order valence-corrected chi connectivity index (χ1v) is 12.9. The molecule has 0 aliphatic carbocycles. The van der Waals surface area contributed by atoms with Crippen molar-refractivity contribution in [2.75, 3.05) is 25.6 Å². The third kappa shape index (κ3) is 7.16. The van der Waals surface area contributed by atoms with Gasteiger partial charge in [0, 0.05) is 19.2 Å². The monoisotopic (exact) mass is 509 g/mol. The number of amides is 2. The van der Waals surface area contributed by atoms with Gasteiger partial charge in [0.2, 0.25) is 21.8 Å². The predicted molar refractivity (Wildman–Crippen MR) is 140 cm³/mol. The topological polar surface area (TPSA) is 105 Å². The van der Waals surface area contributed by atoms with Crippen molar-refractivity contribution in [3.63, 3.8) is 0 Å². The molecule has 0 saturated heterocycles. The van der Waals surface area contributed by atoms with Crippen LogP contribution in [0.5, 0.6) is 5.75 Å². The van der Waals surface area contributed by atoms with Crippen LogP contribution in [-0.4, -0.2) is 47.0 Å². The third-order valence-electron chi connectivity index (χ3n) is 5.63. The van der Waals surface area contributed by atoms with Gasteiger partial charge < -0.3 is 15.0 Å². The van der Waals surface area contributed by atoms with Crippen LogP contribution in [0.2, 0.25) is 0 Å². The molecule has 9 heteroatoms. The maximum atomic E-state index is 13.4. The molecule has 0 fully saturated rings. The average molecular weight is 510 g/mol. The highest BCUT2D eigenvalue weighted by Crippen LogP contribution is 2.19. The van der Waals surface area contributed by atoms with E-state index in [-0.39, 0.29) is 17.2 Å². The van der Waals surface area contributed by atoms with E-state index in [2.05, 4.69) is 10.0 Å². The molecule has 2 amide bonds. The van der Waals surface area contributed by atoms with Crippen LogP contribution in [0.4, 0.5) is 5.69 Å². The van der Waals surface area contributed by atoms with Gasteiger partial charge in [-0.2, -0.15) is 0 Å². The zero-order valence-corrected chi connectivity index (χ0v) is 21.6. The van der Waals surface area contributed by atoms with E-state index in [0.717, 1.165) is 16.7 Å². The van der Waals surface area contributed by atoms with Gasteiger partial charge in [-0.1, -0.05) is 36.4 Å². The van der Waals surface area contributed by atoms with Crippen molar-refractivity contribution in [1.29, 1.82) is 0 Å². The highest BCUT2D eigenvalue weighted by Gasteiger charge is 2.26. The minimum atomic E-state index is -3.90. The Kier molecular flexibility index (Phi) is 8.84. The second-order valence-electron chi connectivity index (χ2n) is 8.55. The van der Waals surface area contributed by atoms with Crippen LogP contribution >= 0.6 is 0 Å². The number of aryl methyl sites for hydroxylation is 2. The number of benzene rings is 3. The molecule has 2 N–H and O–H groups in total. The largest absolute Gasteiger partial charge is 0.497 e. The van der Waals surface area contributed by atoms with Crippen molar-refractivity contribution in [1.82, 2.24) is 10.0 Å². The molecular formula is C27H31N3O5S. The molecule has 0 heterocycles. The molecule has 36 heavy (non-hydrogen) atoms. The molecule has 190 valence electrons. The quantitative estimate of drug-likeness (QED) is 0.437. The van der Waals surface area contributed by atoms with E-state index in [9.17, 15) is 18.0 Å². The number of carbonyl (C=O) groups is 2. The van der Waals surface area contributed by atoms with Gasteiger partial charge in [0.15, 0.2) is 0 Å². The van der Waals surface area contributed by atoms with Crippen molar-refractivity contribution >= 4 is 27.5 Å². The molecule has 0 aliphatic heterocycles. The highest BCUT2D eigenvalue weighted by molar-refractivity contribution is 7.89. The number of ether oxygens (including phenoxy) is 1. The van der Waals surface area contributed by atoms with E-state index in [1.807, 2.05) is 36.4 Å². The summed E-state index contributed by atoms with van der Waals surface area (Å²) < 4.78 is 32.9. The molecule has 8 nitrogen and oxygen atoms in total. The van der Waals surface area contributed by atoms with Gasteiger partial charge in [-0.15, -0.1) is 0 Å². The van der Waals surface area contributed by atoms with E-state index >= 15 is 0 Å². The van der Waals surface area contributed by atoms with Gasteiger partial charge in [-0.05, 0) is 66.9 Å². The molecule has 1 atom stereocenters. The minimum Gasteiger partial charge on any atom is -0.497 e. The molecule has 0 spiro atoms. The summed E-state index contributed by atoms with van der Waals surface area (Å²) in [6.45, 7) is 3.11. The lowest BCUT2D eigenvalue weighted by atomic mass is 10.0. The summed E-state index contributed by atoms with van der Waals surface area (Å²) in [4.78, 5) is 27.7. The lowest BCUT2D eigenvalue weighted by molar-refractivity contribution is -0.126. The molecule has 0 aliphatic rings. The molecule has 0 radical (unpaired) electrons. The standard InChI is InChI=1S/C27H31N3O5S/c1-19-14-20(2)16-24(15-19)36(33,34)28-18-26(31)29-25(17-21-8-6-5-7-9-21)27(32)30(3)22-10-12-23(35-4)13-11-22/h5-16,25,28H,17-18H2,1-4H3,(H,29,31)/t25-/m0/s1. The summed E-state index contributed by atoms with van der Waals surface area (Å²) in [7, 11) is -0.718. The number of carbonyl (C=O) groups excluding carboxylic acids is 2. The maximum Gasteiger partial charge on any atom is 0.249 e. The van der Waals surface area contributed by atoms with Crippen LogP contribution in [0.3, 0.4) is 0 Å². The molecule has 0 aromatic heterocycles. The number of nitrogens with zero attached hydrogens (tertiary/aromatic N) is 1. The molecule has 0 saturated carbocycles. The number of rotatable bonds is 10. The zero-order valence-electron chi connectivity index (χ0n) is 20.8. The summed E-state index contributed by atoms with van der Waals surface area (Å²) in [6.07, 6.45) is 0.246. The first-order chi connectivity index (χ1) is 17.1. The second kappa shape index (κ2) is 11.8. The Hall–Kier alpha value is -3.69. The van der Waals surface area contributed by atoms with Crippen molar-refractivity contribution in [2.45, 2.75) is 31.2 Å². The maximum absolute atomic E-state index is 13.4. The zero-order chi connectivity index (χ0) is 26.3. The Bertz CT molecular complexity index is 1290. The van der Waals surface area contributed by atoms with E-state index < -0.39 is 28.5 Å². The highest BCUT2D eigenvalue weighted by atomic mass is 32.2. The first-order valence-electron chi connectivity index (χ1n) is 11.4. The van der Waals surface area contributed by atoms with E-state index in [1.54, 1.807) is 64.4 Å². The molecule has 3 aromatic carbocycles.